The van der Waals surface area contributed by atoms with E-state index in [9.17, 15) is 9.59 Å². The standard InChI is InChI=1S/C27H36N6O4/c1-5-6-7-15-37-22-16-24(29-17-23(22)36-4)33-13-8-12-32(27(33)35)18-20-9-11-28-26-21(20)10-14-31(26)19-25(34)30(2)3/h9-11,14,16-17H,5-8,12-13,15,18-19H2,1-4H3. The molecule has 1 aliphatic rings. The maximum Gasteiger partial charge on any atom is 0.325 e. The van der Waals surface area contributed by atoms with Crippen molar-refractivity contribution in [1.29, 1.82) is 0 Å². The van der Waals surface area contributed by atoms with Gasteiger partial charge in [-0.25, -0.2) is 14.8 Å². The molecule has 0 atom stereocenters. The number of hydrogen-bond donors (Lipinski definition) is 0. The van der Waals surface area contributed by atoms with E-state index in [-0.39, 0.29) is 18.5 Å². The van der Waals surface area contributed by atoms with Crippen molar-refractivity contribution in [1.82, 2.24) is 24.3 Å². The molecule has 0 aliphatic carbocycles. The summed E-state index contributed by atoms with van der Waals surface area (Å²) >= 11 is 0. The first-order valence-corrected chi connectivity index (χ1v) is 12.8. The predicted molar refractivity (Wildman–Crippen MR) is 142 cm³/mol. The van der Waals surface area contributed by atoms with E-state index in [4.69, 9.17) is 9.47 Å². The first kappa shape index (κ1) is 26.2. The number of ether oxygens (including phenoxy) is 2. The van der Waals surface area contributed by atoms with Gasteiger partial charge in [-0.05, 0) is 30.5 Å². The molecule has 1 saturated heterocycles. The fourth-order valence-corrected chi connectivity index (χ4v) is 4.41. The highest BCUT2D eigenvalue weighted by molar-refractivity contribution is 5.92. The van der Waals surface area contributed by atoms with Crippen LogP contribution in [0.2, 0.25) is 0 Å². The number of aromatic nitrogens is 3. The lowest BCUT2D eigenvalue weighted by Gasteiger charge is -2.35. The lowest BCUT2D eigenvalue weighted by atomic mass is 10.1. The number of unbranched alkanes of at least 4 members (excludes halogenated alkanes) is 2. The molecule has 0 N–H and O–H groups in total. The number of urea groups is 1. The van der Waals surface area contributed by atoms with Gasteiger partial charge in [-0.3, -0.25) is 9.69 Å². The molecule has 0 unspecified atom stereocenters. The summed E-state index contributed by atoms with van der Waals surface area (Å²) in [7, 11) is 5.06. The number of methoxy groups -OCH3 is 1. The zero-order valence-corrected chi connectivity index (χ0v) is 22.1. The molecule has 4 rings (SSSR count). The minimum atomic E-state index is -0.104. The number of carbonyl (C=O) groups excluding carboxylic acids is 2. The van der Waals surface area contributed by atoms with Crippen LogP contribution in [0.25, 0.3) is 11.0 Å². The Morgan fingerprint density at radius 2 is 1.97 bits per heavy atom. The minimum Gasteiger partial charge on any atom is -0.491 e. The molecule has 10 heteroatoms. The number of pyridine rings is 2. The normalized spacial score (nSPS) is 13.8. The van der Waals surface area contributed by atoms with Crippen LogP contribution < -0.4 is 14.4 Å². The van der Waals surface area contributed by atoms with E-state index in [1.807, 2.05) is 27.8 Å². The van der Waals surface area contributed by atoms with Gasteiger partial charge < -0.3 is 23.8 Å². The van der Waals surface area contributed by atoms with Crippen molar-refractivity contribution >= 4 is 28.8 Å². The van der Waals surface area contributed by atoms with Crippen LogP contribution >= 0.6 is 0 Å². The van der Waals surface area contributed by atoms with Gasteiger partial charge in [0, 0.05) is 57.6 Å². The number of likely N-dealkylation sites (N-methyl/N-ethyl adjacent to an activating group) is 1. The van der Waals surface area contributed by atoms with Crippen LogP contribution in [0.15, 0.2) is 36.8 Å². The highest BCUT2D eigenvalue weighted by Gasteiger charge is 2.29. The van der Waals surface area contributed by atoms with Crippen LogP contribution in [0.4, 0.5) is 10.6 Å². The van der Waals surface area contributed by atoms with Gasteiger partial charge in [-0.15, -0.1) is 0 Å². The maximum absolute atomic E-state index is 13.5. The van der Waals surface area contributed by atoms with Gasteiger partial charge in [0.05, 0.1) is 19.9 Å². The quantitative estimate of drug-likeness (QED) is 0.365. The van der Waals surface area contributed by atoms with E-state index < -0.39 is 0 Å². The third-order valence-corrected chi connectivity index (χ3v) is 6.55. The summed E-state index contributed by atoms with van der Waals surface area (Å²) in [6.45, 7) is 4.63. The van der Waals surface area contributed by atoms with Gasteiger partial charge >= 0.3 is 6.03 Å². The smallest absolute Gasteiger partial charge is 0.325 e. The van der Waals surface area contributed by atoms with E-state index in [2.05, 4.69) is 16.9 Å². The zero-order valence-electron chi connectivity index (χ0n) is 22.1. The Morgan fingerprint density at radius 3 is 2.73 bits per heavy atom. The molecule has 0 saturated carbocycles. The zero-order chi connectivity index (χ0) is 26.4. The number of fused-ring (bicyclic) bond motifs is 1. The lowest BCUT2D eigenvalue weighted by molar-refractivity contribution is -0.129. The van der Waals surface area contributed by atoms with Gasteiger partial charge in [0.25, 0.3) is 0 Å². The van der Waals surface area contributed by atoms with E-state index in [0.29, 0.717) is 43.6 Å². The van der Waals surface area contributed by atoms with Crippen molar-refractivity contribution in [2.75, 3.05) is 45.8 Å². The first-order chi connectivity index (χ1) is 17.9. The van der Waals surface area contributed by atoms with E-state index in [1.165, 1.54) is 0 Å². The Labute approximate surface area is 217 Å². The Kier molecular flexibility index (Phi) is 8.47. The van der Waals surface area contributed by atoms with Crippen molar-refractivity contribution < 1.29 is 19.1 Å². The number of amides is 3. The molecule has 0 bridgehead atoms. The van der Waals surface area contributed by atoms with Crippen molar-refractivity contribution in [3.05, 3.63) is 42.4 Å². The Hall–Kier alpha value is -3.82. The molecule has 10 nitrogen and oxygen atoms in total. The summed E-state index contributed by atoms with van der Waals surface area (Å²) in [4.78, 5) is 39.8. The van der Waals surface area contributed by atoms with E-state index in [1.54, 1.807) is 49.5 Å². The summed E-state index contributed by atoms with van der Waals surface area (Å²) in [6.07, 6.45) is 9.20. The molecule has 0 aromatic carbocycles. The van der Waals surface area contributed by atoms with Crippen molar-refractivity contribution in [3.63, 3.8) is 0 Å². The van der Waals surface area contributed by atoms with Crippen LogP contribution in [-0.2, 0) is 17.9 Å². The van der Waals surface area contributed by atoms with Gasteiger partial charge in [0.15, 0.2) is 11.5 Å². The molecule has 4 heterocycles. The van der Waals surface area contributed by atoms with E-state index in [0.717, 1.165) is 42.3 Å². The highest BCUT2D eigenvalue weighted by atomic mass is 16.5. The Bertz CT molecular complexity index is 1240. The fraction of sp³-hybridized carbons (Fsp3) is 0.481. The van der Waals surface area contributed by atoms with Crippen molar-refractivity contribution in [3.8, 4) is 11.5 Å². The van der Waals surface area contributed by atoms with Gasteiger partial charge in [-0.2, -0.15) is 0 Å². The molecule has 1 aliphatic heterocycles. The summed E-state index contributed by atoms with van der Waals surface area (Å²) in [5, 5.41) is 0.935. The lowest BCUT2D eigenvalue weighted by Crippen LogP contribution is -2.49. The number of rotatable bonds is 11. The first-order valence-electron chi connectivity index (χ1n) is 12.8. The van der Waals surface area contributed by atoms with Crippen LogP contribution in [0, 0.1) is 0 Å². The maximum atomic E-state index is 13.5. The number of carbonyl (C=O) groups is 2. The van der Waals surface area contributed by atoms with Crippen LogP contribution in [0.3, 0.4) is 0 Å². The second kappa shape index (κ2) is 11.9. The third-order valence-electron chi connectivity index (χ3n) is 6.55. The second-order valence-corrected chi connectivity index (χ2v) is 9.40. The minimum absolute atomic E-state index is 0.00717. The average molecular weight is 509 g/mol. The summed E-state index contributed by atoms with van der Waals surface area (Å²) in [5.74, 6) is 1.69. The predicted octanol–water partition coefficient (Wildman–Crippen LogP) is 3.93. The average Bonchev–Trinajstić information content (AvgIpc) is 3.31. The molecule has 0 spiro atoms. The van der Waals surface area contributed by atoms with Crippen molar-refractivity contribution in [2.24, 2.45) is 0 Å². The summed E-state index contributed by atoms with van der Waals surface area (Å²) in [5.41, 5.74) is 1.72. The molecule has 37 heavy (non-hydrogen) atoms. The monoisotopic (exact) mass is 508 g/mol. The van der Waals surface area contributed by atoms with Gasteiger partial charge in [0.2, 0.25) is 5.91 Å². The van der Waals surface area contributed by atoms with Crippen LogP contribution in [-0.4, -0.2) is 77.2 Å². The molecule has 1 fully saturated rings. The Balaban J connectivity index is 1.51. The second-order valence-electron chi connectivity index (χ2n) is 9.40. The third kappa shape index (κ3) is 5.95. The van der Waals surface area contributed by atoms with Crippen LogP contribution in [0.5, 0.6) is 11.5 Å². The molecule has 3 amide bonds. The molecule has 198 valence electrons. The summed E-state index contributed by atoms with van der Waals surface area (Å²) in [6, 6.07) is 5.58. The molecular weight excluding hydrogens is 472 g/mol. The topological polar surface area (TPSA) is 93.0 Å². The number of anilines is 1. The SMILES string of the molecule is CCCCCOc1cc(N2CCCN(Cc3ccnc4c3ccn4CC(=O)N(C)C)C2=O)ncc1OC. The number of hydrogen-bond acceptors (Lipinski definition) is 6. The Morgan fingerprint density at radius 1 is 1.14 bits per heavy atom. The molecule has 3 aromatic rings. The van der Waals surface area contributed by atoms with Gasteiger partial charge in [0.1, 0.15) is 18.0 Å². The molecule has 0 radical (unpaired) electrons. The molecular formula is C27H36N6O4. The van der Waals surface area contributed by atoms with Crippen molar-refractivity contribution in [2.45, 2.75) is 45.7 Å². The fourth-order valence-electron chi connectivity index (χ4n) is 4.41. The van der Waals surface area contributed by atoms with Crippen LogP contribution in [0.1, 0.15) is 38.2 Å². The largest absolute Gasteiger partial charge is 0.491 e. The van der Waals surface area contributed by atoms with Gasteiger partial charge in [-0.1, -0.05) is 19.8 Å². The highest BCUT2D eigenvalue weighted by Crippen LogP contribution is 2.31. The molecule has 3 aromatic heterocycles. The number of nitrogens with zero attached hydrogens (tertiary/aromatic N) is 6. The summed E-state index contributed by atoms with van der Waals surface area (Å²) < 4.78 is 13.2. The van der Waals surface area contributed by atoms with E-state index >= 15 is 0 Å².